The number of likely N-dealkylation sites (N-methyl/N-ethyl adjacent to an activating group) is 1. The van der Waals surface area contributed by atoms with Crippen molar-refractivity contribution in [2.45, 2.75) is 13.8 Å². The van der Waals surface area contributed by atoms with Gasteiger partial charge in [-0.3, -0.25) is 9.69 Å². The number of thioether (sulfide) groups is 1. The number of nitrogens with zero attached hydrogens (tertiary/aromatic N) is 2. The maximum absolute atomic E-state index is 12.2. The van der Waals surface area contributed by atoms with Crippen molar-refractivity contribution in [1.29, 1.82) is 0 Å². The molecular weight excluding hydrogens is 332 g/mol. The summed E-state index contributed by atoms with van der Waals surface area (Å²) in [6.45, 7) is 5.65. The highest BCUT2D eigenvalue weighted by atomic mass is 32.2. The Kier molecular flexibility index (Phi) is 4.52. The van der Waals surface area contributed by atoms with Gasteiger partial charge in [0.15, 0.2) is 0 Å². The van der Waals surface area contributed by atoms with Crippen molar-refractivity contribution < 1.29 is 4.79 Å². The first-order chi connectivity index (χ1) is 10.7. The molecule has 1 amide bonds. The van der Waals surface area contributed by atoms with Gasteiger partial charge < -0.3 is 4.90 Å². The summed E-state index contributed by atoms with van der Waals surface area (Å²) in [5.74, 6) is 0.00914. The molecule has 0 atom stereocenters. The lowest BCUT2D eigenvalue weighted by molar-refractivity contribution is -0.122. The van der Waals surface area contributed by atoms with E-state index >= 15 is 0 Å². The molecule has 1 aromatic rings. The standard InChI is InChI=1S/C16H16N2OS3/c1-3-17-9-7-11(12-8-10-21-15(12)17)5-6-13-14(19)18(4-2)16(20)22-13/h5-10H,3-4H2,1-2H3. The van der Waals surface area contributed by atoms with E-state index in [0.717, 1.165) is 12.1 Å². The van der Waals surface area contributed by atoms with Crippen LogP contribution in [0.2, 0.25) is 0 Å². The highest BCUT2D eigenvalue weighted by Crippen LogP contribution is 2.38. The molecule has 6 heteroatoms. The van der Waals surface area contributed by atoms with Crippen molar-refractivity contribution in [1.82, 2.24) is 4.90 Å². The summed E-state index contributed by atoms with van der Waals surface area (Å²) < 4.78 is 0.643. The van der Waals surface area contributed by atoms with Gasteiger partial charge in [0.05, 0.1) is 4.91 Å². The second-order valence-corrected chi connectivity index (χ2v) is 7.38. The molecule has 1 aromatic heterocycles. The fraction of sp³-hybridized carbons (Fsp3) is 0.250. The molecule has 1 saturated heterocycles. The number of amides is 1. The number of hydrogen-bond acceptors (Lipinski definition) is 5. The van der Waals surface area contributed by atoms with Crippen LogP contribution in [-0.4, -0.2) is 28.2 Å². The molecule has 0 N–H and O–H groups in total. The Morgan fingerprint density at radius 2 is 2.09 bits per heavy atom. The van der Waals surface area contributed by atoms with E-state index in [1.54, 1.807) is 16.2 Å². The Morgan fingerprint density at radius 3 is 2.77 bits per heavy atom. The van der Waals surface area contributed by atoms with Crippen LogP contribution in [0.15, 0.2) is 40.8 Å². The largest absolute Gasteiger partial charge is 0.340 e. The number of anilines is 1. The Hall–Kier alpha value is -1.37. The van der Waals surface area contributed by atoms with E-state index in [9.17, 15) is 4.79 Å². The molecule has 3 heterocycles. The van der Waals surface area contributed by atoms with Crippen LogP contribution in [-0.2, 0) is 4.79 Å². The lowest BCUT2D eigenvalue weighted by Gasteiger charge is -2.22. The lowest BCUT2D eigenvalue weighted by Crippen LogP contribution is -2.27. The van der Waals surface area contributed by atoms with Crippen molar-refractivity contribution in [3.63, 3.8) is 0 Å². The number of thiophene rings is 1. The minimum Gasteiger partial charge on any atom is -0.340 e. The van der Waals surface area contributed by atoms with E-state index in [1.165, 1.54) is 22.3 Å². The number of allylic oxidation sites excluding steroid dienone is 4. The quantitative estimate of drug-likeness (QED) is 0.602. The van der Waals surface area contributed by atoms with Gasteiger partial charge in [-0.25, -0.2) is 0 Å². The van der Waals surface area contributed by atoms with Crippen LogP contribution >= 0.6 is 35.3 Å². The van der Waals surface area contributed by atoms with Crippen molar-refractivity contribution in [3.8, 4) is 0 Å². The summed E-state index contributed by atoms with van der Waals surface area (Å²) in [6.07, 6.45) is 8.08. The normalized spacial score (nSPS) is 21.4. The van der Waals surface area contributed by atoms with Gasteiger partial charge in [0.2, 0.25) is 0 Å². The summed E-state index contributed by atoms with van der Waals surface area (Å²) in [7, 11) is 0. The molecule has 22 heavy (non-hydrogen) atoms. The summed E-state index contributed by atoms with van der Waals surface area (Å²) in [5, 5.41) is 3.36. The minimum atomic E-state index is 0.00914. The fourth-order valence-electron chi connectivity index (χ4n) is 2.42. The van der Waals surface area contributed by atoms with E-state index in [2.05, 4.69) is 35.5 Å². The molecule has 0 spiro atoms. The van der Waals surface area contributed by atoms with Gasteiger partial charge in [-0.15, -0.1) is 11.3 Å². The molecule has 2 aliphatic rings. The third kappa shape index (κ3) is 2.66. The van der Waals surface area contributed by atoms with E-state index < -0.39 is 0 Å². The molecule has 3 rings (SSSR count). The van der Waals surface area contributed by atoms with Crippen LogP contribution in [0.1, 0.15) is 19.4 Å². The summed E-state index contributed by atoms with van der Waals surface area (Å²) in [4.78, 5) is 16.8. The summed E-state index contributed by atoms with van der Waals surface area (Å²) >= 11 is 8.35. The van der Waals surface area contributed by atoms with Crippen molar-refractivity contribution in [3.05, 3.63) is 46.3 Å². The summed E-state index contributed by atoms with van der Waals surface area (Å²) in [6, 6.07) is 2.13. The van der Waals surface area contributed by atoms with E-state index in [4.69, 9.17) is 12.2 Å². The maximum atomic E-state index is 12.2. The topological polar surface area (TPSA) is 23.6 Å². The third-order valence-electron chi connectivity index (χ3n) is 3.60. The Balaban J connectivity index is 1.90. The molecule has 0 aliphatic carbocycles. The fourth-order valence-corrected chi connectivity index (χ4v) is 4.71. The Morgan fingerprint density at radius 1 is 1.27 bits per heavy atom. The predicted molar refractivity (Wildman–Crippen MR) is 100 cm³/mol. The Bertz CT molecular complexity index is 715. The van der Waals surface area contributed by atoms with Gasteiger partial charge >= 0.3 is 0 Å². The average Bonchev–Trinajstić information content (AvgIpc) is 3.10. The van der Waals surface area contributed by atoms with Crippen LogP contribution in [0, 0.1) is 0 Å². The molecule has 0 saturated carbocycles. The molecule has 0 unspecified atom stereocenters. The number of carbonyl (C=O) groups excluding carboxylic acids is 1. The molecule has 114 valence electrons. The Labute approximate surface area is 144 Å². The highest BCUT2D eigenvalue weighted by Gasteiger charge is 2.30. The molecule has 1 fully saturated rings. The lowest BCUT2D eigenvalue weighted by atomic mass is 10.1. The van der Waals surface area contributed by atoms with Gasteiger partial charge in [-0.2, -0.15) is 0 Å². The number of thiocarbonyl (C=S) groups is 1. The number of carbonyl (C=O) groups is 1. The molecule has 3 nitrogen and oxygen atoms in total. The van der Waals surface area contributed by atoms with Gasteiger partial charge in [-0.1, -0.05) is 30.1 Å². The molecular formula is C16H16N2OS3. The number of rotatable bonds is 3. The van der Waals surface area contributed by atoms with Gasteiger partial charge in [0, 0.05) is 24.9 Å². The smallest absolute Gasteiger partial charge is 0.266 e. The average molecular weight is 349 g/mol. The number of hydrogen-bond donors (Lipinski definition) is 0. The predicted octanol–water partition coefficient (Wildman–Crippen LogP) is 4.25. The number of fused-ring (bicyclic) bond motifs is 1. The zero-order valence-electron chi connectivity index (χ0n) is 12.4. The van der Waals surface area contributed by atoms with Crippen LogP contribution in [0.5, 0.6) is 0 Å². The highest BCUT2D eigenvalue weighted by molar-refractivity contribution is 8.26. The van der Waals surface area contributed by atoms with Crippen molar-refractivity contribution in [2.24, 2.45) is 0 Å². The molecule has 2 aliphatic heterocycles. The molecule has 0 aromatic carbocycles. The zero-order valence-corrected chi connectivity index (χ0v) is 14.9. The zero-order chi connectivity index (χ0) is 15.7. The van der Waals surface area contributed by atoms with Crippen molar-refractivity contribution >= 4 is 56.1 Å². The molecule has 0 bridgehead atoms. The van der Waals surface area contributed by atoms with Crippen LogP contribution in [0.3, 0.4) is 0 Å². The molecule has 0 radical (unpaired) electrons. The van der Waals surface area contributed by atoms with Gasteiger partial charge in [0.25, 0.3) is 5.91 Å². The monoisotopic (exact) mass is 348 g/mol. The van der Waals surface area contributed by atoms with E-state index in [-0.39, 0.29) is 5.91 Å². The van der Waals surface area contributed by atoms with Crippen LogP contribution < -0.4 is 4.90 Å². The van der Waals surface area contributed by atoms with Gasteiger partial charge in [0.1, 0.15) is 9.32 Å². The first-order valence-electron chi connectivity index (χ1n) is 7.14. The summed E-state index contributed by atoms with van der Waals surface area (Å²) in [5.41, 5.74) is 2.35. The minimum absolute atomic E-state index is 0.00914. The SMILES string of the molecule is CCN1C(=O)C(=CC=C2C=CN(CC)c3sccc32)SC1=S. The van der Waals surface area contributed by atoms with Gasteiger partial charge in [-0.05, 0) is 43.0 Å². The van der Waals surface area contributed by atoms with E-state index in [0.29, 0.717) is 15.8 Å². The second kappa shape index (κ2) is 6.40. The van der Waals surface area contributed by atoms with E-state index in [1.807, 2.05) is 19.1 Å². The first-order valence-corrected chi connectivity index (χ1v) is 9.24. The third-order valence-corrected chi connectivity index (χ3v) is 5.94. The van der Waals surface area contributed by atoms with Crippen molar-refractivity contribution in [2.75, 3.05) is 18.0 Å². The maximum Gasteiger partial charge on any atom is 0.266 e. The first kappa shape index (κ1) is 15.5. The second-order valence-electron chi connectivity index (χ2n) is 4.81. The van der Waals surface area contributed by atoms with Crippen LogP contribution in [0.25, 0.3) is 5.57 Å². The van der Waals surface area contributed by atoms with Crippen LogP contribution in [0.4, 0.5) is 5.00 Å².